The van der Waals surface area contributed by atoms with E-state index in [-0.39, 0.29) is 6.10 Å². The first-order chi connectivity index (χ1) is 9.52. The Labute approximate surface area is 123 Å². The Morgan fingerprint density at radius 2 is 1.85 bits per heavy atom. The normalized spacial score (nSPS) is 13.2. The molecule has 3 nitrogen and oxygen atoms in total. The van der Waals surface area contributed by atoms with Gasteiger partial charge in [-0.2, -0.15) is 0 Å². The van der Waals surface area contributed by atoms with Crippen molar-refractivity contribution in [3.8, 4) is 0 Å². The summed E-state index contributed by atoms with van der Waals surface area (Å²) in [6.07, 6.45) is 2.08. The van der Waals surface area contributed by atoms with Gasteiger partial charge in [0.1, 0.15) is 0 Å². The minimum Gasteiger partial charge on any atom is -0.387 e. The molecule has 0 aliphatic rings. The standard InChI is InChI=1S/C17H29NO2/c1-5-6-15-7-9-16(10-8-15)17(19)13-18(4)11-12-20-14(2)3/h7-10,14,17,19H,5-6,11-13H2,1-4H3. The van der Waals surface area contributed by atoms with Crippen LogP contribution in [0.2, 0.25) is 0 Å². The van der Waals surface area contributed by atoms with Crippen LogP contribution < -0.4 is 0 Å². The molecule has 114 valence electrons. The lowest BCUT2D eigenvalue weighted by molar-refractivity contribution is 0.0519. The van der Waals surface area contributed by atoms with E-state index in [9.17, 15) is 5.11 Å². The van der Waals surface area contributed by atoms with Gasteiger partial charge < -0.3 is 14.7 Å². The lowest BCUT2D eigenvalue weighted by atomic mass is 10.0. The molecule has 20 heavy (non-hydrogen) atoms. The Morgan fingerprint density at radius 1 is 1.20 bits per heavy atom. The number of aryl methyl sites for hydroxylation is 1. The van der Waals surface area contributed by atoms with Crippen LogP contribution in [0.5, 0.6) is 0 Å². The first-order valence-corrected chi connectivity index (χ1v) is 7.60. The van der Waals surface area contributed by atoms with Crippen LogP contribution in [-0.2, 0) is 11.2 Å². The van der Waals surface area contributed by atoms with Gasteiger partial charge in [0.25, 0.3) is 0 Å². The Kier molecular flexibility index (Phi) is 7.82. The Balaban J connectivity index is 2.39. The van der Waals surface area contributed by atoms with E-state index in [0.29, 0.717) is 13.2 Å². The van der Waals surface area contributed by atoms with Crippen molar-refractivity contribution >= 4 is 0 Å². The fourth-order valence-electron chi connectivity index (χ4n) is 2.13. The maximum atomic E-state index is 10.2. The lowest BCUT2D eigenvalue weighted by Crippen LogP contribution is -2.28. The molecule has 0 spiro atoms. The van der Waals surface area contributed by atoms with E-state index in [1.165, 1.54) is 5.56 Å². The van der Waals surface area contributed by atoms with Crippen molar-refractivity contribution < 1.29 is 9.84 Å². The van der Waals surface area contributed by atoms with E-state index in [2.05, 4.69) is 24.0 Å². The predicted molar refractivity (Wildman–Crippen MR) is 84.0 cm³/mol. The summed E-state index contributed by atoms with van der Waals surface area (Å²) in [5, 5.41) is 10.2. The molecule has 0 aliphatic carbocycles. The van der Waals surface area contributed by atoms with Crippen molar-refractivity contribution in [3.05, 3.63) is 35.4 Å². The summed E-state index contributed by atoms with van der Waals surface area (Å²) in [4.78, 5) is 2.10. The highest BCUT2D eigenvalue weighted by molar-refractivity contribution is 5.24. The van der Waals surface area contributed by atoms with Crippen molar-refractivity contribution in [2.24, 2.45) is 0 Å². The first kappa shape index (κ1) is 17.2. The van der Waals surface area contributed by atoms with Crippen LogP contribution in [0, 0.1) is 0 Å². The number of aliphatic hydroxyl groups excluding tert-OH is 1. The van der Waals surface area contributed by atoms with E-state index < -0.39 is 6.10 Å². The van der Waals surface area contributed by atoms with Gasteiger partial charge in [0.05, 0.1) is 18.8 Å². The van der Waals surface area contributed by atoms with E-state index in [1.807, 2.05) is 33.0 Å². The molecule has 0 amide bonds. The third kappa shape index (κ3) is 6.51. The fraction of sp³-hybridized carbons (Fsp3) is 0.647. The van der Waals surface area contributed by atoms with Gasteiger partial charge in [0.2, 0.25) is 0 Å². The molecule has 3 heteroatoms. The molecule has 1 aromatic carbocycles. The number of hydrogen-bond donors (Lipinski definition) is 1. The molecule has 1 aromatic rings. The molecule has 0 saturated carbocycles. The zero-order valence-corrected chi connectivity index (χ0v) is 13.3. The van der Waals surface area contributed by atoms with E-state index in [1.54, 1.807) is 0 Å². The molecule has 1 N–H and O–H groups in total. The zero-order chi connectivity index (χ0) is 15.0. The van der Waals surface area contributed by atoms with E-state index in [4.69, 9.17) is 4.74 Å². The molecular weight excluding hydrogens is 250 g/mol. The number of aliphatic hydroxyl groups is 1. The topological polar surface area (TPSA) is 32.7 Å². The van der Waals surface area contributed by atoms with Gasteiger partial charge in [0.15, 0.2) is 0 Å². The summed E-state index contributed by atoms with van der Waals surface area (Å²) in [6, 6.07) is 8.30. The summed E-state index contributed by atoms with van der Waals surface area (Å²) in [7, 11) is 2.01. The number of likely N-dealkylation sites (N-methyl/N-ethyl adjacent to an activating group) is 1. The Hall–Kier alpha value is -0.900. The SMILES string of the molecule is CCCc1ccc(C(O)CN(C)CCOC(C)C)cc1. The van der Waals surface area contributed by atoms with Crippen LogP contribution in [0.4, 0.5) is 0 Å². The Bertz CT molecular complexity index is 362. The summed E-state index contributed by atoms with van der Waals surface area (Å²) < 4.78 is 5.52. The Morgan fingerprint density at radius 3 is 2.40 bits per heavy atom. The van der Waals surface area contributed by atoms with Crippen molar-refractivity contribution in [1.82, 2.24) is 4.90 Å². The van der Waals surface area contributed by atoms with Crippen LogP contribution in [-0.4, -0.2) is 42.9 Å². The zero-order valence-electron chi connectivity index (χ0n) is 13.3. The van der Waals surface area contributed by atoms with Gasteiger partial charge in [0, 0.05) is 13.1 Å². The molecule has 0 radical (unpaired) electrons. The molecular formula is C17H29NO2. The van der Waals surface area contributed by atoms with Gasteiger partial charge in [-0.15, -0.1) is 0 Å². The number of nitrogens with zero attached hydrogens (tertiary/aromatic N) is 1. The molecule has 0 heterocycles. The third-order valence-corrected chi connectivity index (χ3v) is 3.31. The minimum absolute atomic E-state index is 0.263. The smallest absolute Gasteiger partial charge is 0.0916 e. The van der Waals surface area contributed by atoms with Gasteiger partial charge >= 0.3 is 0 Å². The van der Waals surface area contributed by atoms with Gasteiger partial charge in [-0.25, -0.2) is 0 Å². The molecule has 1 unspecified atom stereocenters. The summed E-state index contributed by atoms with van der Waals surface area (Å²) in [5.74, 6) is 0. The van der Waals surface area contributed by atoms with Crippen LogP contribution in [0.25, 0.3) is 0 Å². The monoisotopic (exact) mass is 279 g/mol. The number of rotatable bonds is 9. The van der Waals surface area contributed by atoms with Gasteiger partial charge in [-0.3, -0.25) is 0 Å². The van der Waals surface area contributed by atoms with Crippen LogP contribution >= 0.6 is 0 Å². The van der Waals surface area contributed by atoms with Crippen LogP contribution in [0.15, 0.2) is 24.3 Å². The van der Waals surface area contributed by atoms with Crippen LogP contribution in [0.1, 0.15) is 44.4 Å². The summed E-state index contributed by atoms with van der Waals surface area (Å²) >= 11 is 0. The average Bonchev–Trinajstić information content (AvgIpc) is 2.39. The third-order valence-electron chi connectivity index (χ3n) is 3.31. The maximum Gasteiger partial charge on any atom is 0.0916 e. The fourth-order valence-corrected chi connectivity index (χ4v) is 2.13. The molecule has 0 bridgehead atoms. The molecule has 1 rings (SSSR count). The van der Waals surface area contributed by atoms with Crippen LogP contribution in [0.3, 0.4) is 0 Å². The van der Waals surface area contributed by atoms with Crippen molar-refractivity contribution in [3.63, 3.8) is 0 Å². The van der Waals surface area contributed by atoms with Crippen molar-refractivity contribution in [2.75, 3.05) is 26.7 Å². The van der Waals surface area contributed by atoms with Gasteiger partial charge in [-0.05, 0) is 38.4 Å². The number of ether oxygens (including phenoxy) is 1. The van der Waals surface area contributed by atoms with Gasteiger partial charge in [-0.1, -0.05) is 37.6 Å². The highest BCUT2D eigenvalue weighted by Gasteiger charge is 2.10. The van der Waals surface area contributed by atoms with Crippen molar-refractivity contribution in [1.29, 1.82) is 0 Å². The summed E-state index contributed by atoms with van der Waals surface area (Å²) in [6.45, 7) is 8.42. The largest absolute Gasteiger partial charge is 0.387 e. The predicted octanol–water partition coefficient (Wildman–Crippen LogP) is 3.03. The molecule has 0 aromatic heterocycles. The molecule has 0 aliphatic heterocycles. The van der Waals surface area contributed by atoms with E-state index in [0.717, 1.165) is 24.9 Å². The van der Waals surface area contributed by atoms with Crippen molar-refractivity contribution in [2.45, 2.75) is 45.8 Å². The second-order valence-electron chi connectivity index (χ2n) is 5.69. The second-order valence-corrected chi connectivity index (χ2v) is 5.69. The molecule has 0 fully saturated rings. The highest BCUT2D eigenvalue weighted by Crippen LogP contribution is 2.15. The highest BCUT2D eigenvalue weighted by atomic mass is 16.5. The first-order valence-electron chi connectivity index (χ1n) is 7.60. The van der Waals surface area contributed by atoms with E-state index >= 15 is 0 Å². The second kappa shape index (κ2) is 9.11. The quantitative estimate of drug-likeness (QED) is 0.754. The molecule has 0 saturated heterocycles. The summed E-state index contributed by atoms with van der Waals surface area (Å²) in [5.41, 5.74) is 2.32. The minimum atomic E-state index is -0.435. The maximum absolute atomic E-state index is 10.2. The lowest BCUT2D eigenvalue weighted by Gasteiger charge is -2.21. The average molecular weight is 279 g/mol. The number of benzene rings is 1. The number of hydrogen-bond acceptors (Lipinski definition) is 3. The molecule has 1 atom stereocenters.